The van der Waals surface area contributed by atoms with E-state index >= 15 is 0 Å². The number of Topliss-reactive ketones (excluding diaryl/α,β-unsaturated/α-hetero) is 1. The molecule has 74 valence electrons. The molecule has 1 unspecified atom stereocenters. The van der Waals surface area contributed by atoms with Crippen molar-refractivity contribution >= 4 is 11.8 Å². The fraction of sp³-hybridized carbons (Fsp3) is 0.778. The molecule has 1 heterocycles. The van der Waals surface area contributed by atoms with Gasteiger partial charge in [0.05, 0.1) is 13.0 Å². The Morgan fingerprint density at radius 1 is 1.69 bits per heavy atom. The molecule has 13 heavy (non-hydrogen) atoms. The Morgan fingerprint density at radius 3 is 3.08 bits per heavy atom. The third-order valence-corrected chi connectivity index (χ3v) is 1.90. The Bertz CT molecular complexity index is 200. The number of ketones is 1. The zero-order valence-electron chi connectivity index (χ0n) is 7.75. The van der Waals surface area contributed by atoms with Crippen LogP contribution in [0.4, 0.5) is 0 Å². The average molecular weight is 186 g/mol. The molecule has 1 atom stereocenters. The first-order valence-corrected chi connectivity index (χ1v) is 4.54. The van der Waals surface area contributed by atoms with Crippen LogP contribution < -0.4 is 0 Å². The molecule has 1 aliphatic heterocycles. The average Bonchev–Trinajstić information content (AvgIpc) is 2.09. The van der Waals surface area contributed by atoms with Gasteiger partial charge in [-0.15, -0.1) is 0 Å². The van der Waals surface area contributed by atoms with Gasteiger partial charge in [-0.3, -0.25) is 9.59 Å². The zero-order valence-corrected chi connectivity index (χ0v) is 7.75. The van der Waals surface area contributed by atoms with E-state index in [4.69, 9.17) is 9.47 Å². The van der Waals surface area contributed by atoms with E-state index < -0.39 is 6.10 Å². The van der Waals surface area contributed by atoms with Gasteiger partial charge in [0.15, 0.2) is 5.78 Å². The van der Waals surface area contributed by atoms with Crippen LogP contribution in [0.2, 0.25) is 0 Å². The quantitative estimate of drug-likeness (QED) is 0.608. The second-order valence-electron chi connectivity index (χ2n) is 2.94. The molecule has 0 spiro atoms. The van der Waals surface area contributed by atoms with E-state index in [1.54, 1.807) is 6.92 Å². The molecular weight excluding hydrogens is 172 g/mol. The maximum absolute atomic E-state index is 11.2. The number of ether oxygens (including phenoxy) is 2. The van der Waals surface area contributed by atoms with Crippen LogP contribution in [0.1, 0.15) is 26.2 Å². The molecule has 0 aromatic heterocycles. The summed E-state index contributed by atoms with van der Waals surface area (Å²) in [7, 11) is 0. The summed E-state index contributed by atoms with van der Waals surface area (Å²) in [5, 5.41) is 0. The summed E-state index contributed by atoms with van der Waals surface area (Å²) in [6.07, 6.45) is 0.780. The van der Waals surface area contributed by atoms with Crippen LogP contribution in [0.25, 0.3) is 0 Å². The monoisotopic (exact) mass is 186 g/mol. The highest BCUT2D eigenvalue weighted by molar-refractivity contribution is 5.87. The predicted octanol–water partition coefficient (Wildman–Crippen LogP) is 0.688. The van der Waals surface area contributed by atoms with Crippen LogP contribution in [-0.4, -0.2) is 31.1 Å². The normalized spacial score (nSPS) is 22.8. The minimum absolute atomic E-state index is 0.0132. The highest BCUT2D eigenvalue weighted by Crippen LogP contribution is 2.12. The molecule has 0 radical (unpaired) electrons. The number of rotatable bonds is 3. The maximum Gasteiger partial charge on any atom is 0.308 e. The maximum atomic E-state index is 11.2. The first-order chi connectivity index (χ1) is 6.24. The van der Waals surface area contributed by atoms with Gasteiger partial charge in [0.1, 0.15) is 6.10 Å². The van der Waals surface area contributed by atoms with Crippen molar-refractivity contribution in [2.24, 2.45) is 0 Å². The molecule has 1 aliphatic rings. The Morgan fingerprint density at radius 2 is 2.46 bits per heavy atom. The molecule has 1 rings (SSSR count). The van der Waals surface area contributed by atoms with Crippen LogP contribution in [0, 0.1) is 0 Å². The van der Waals surface area contributed by atoms with Gasteiger partial charge in [0.2, 0.25) is 0 Å². The molecular formula is C9H14O4. The van der Waals surface area contributed by atoms with Crippen LogP contribution in [0.15, 0.2) is 0 Å². The molecule has 1 saturated heterocycles. The largest absolute Gasteiger partial charge is 0.466 e. The lowest BCUT2D eigenvalue weighted by Crippen LogP contribution is -2.32. The third-order valence-electron chi connectivity index (χ3n) is 1.90. The second-order valence-corrected chi connectivity index (χ2v) is 2.94. The molecule has 4 nitrogen and oxygen atoms in total. The third kappa shape index (κ3) is 3.14. The van der Waals surface area contributed by atoms with Crippen molar-refractivity contribution in [1.29, 1.82) is 0 Å². The summed E-state index contributed by atoms with van der Waals surface area (Å²) in [5.74, 6) is -0.345. The predicted molar refractivity (Wildman–Crippen MR) is 45.2 cm³/mol. The molecule has 0 bridgehead atoms. The highest BCUT2D eigenvalue weighted by atomic mass is 16.5. The second kappa shape index (κ2) is 4.97. The van der Waals surface area contributed by atoms with E-state index in [1.807, 2.05) is 0 Å². The standard InChI is InChI=1S/C9H14O4/c1-2-12-9(11)6-8-7(10)4-3-5-13-8/h8H,2-6H2,1H3. The fourth-order valence-electron chi connectivity index (χ4n) is 1.27. The number of carbonyl (C=O) groups excluding carboxylic acids is 2. The SMILES string of the molecule is CCOC(=O)CC1OCCCC1=O. The number of hydrogen-bond acceptors (Lipinski definition) is 4. The van der Waals surface area contributed by atoms with E-state index in [1.165, 1.54) is 0 Å². The minimum Gasteiger partial charge on any atom is -0.466 e. The van der Waals surface area contributed by atoms with Gasteiger partial charge in [-0.1, -0.05) is 0 Å². The van der Waals surface area contributed by atoms with E-state index in [2.05, 4.69) is 0 Å². The van der Waals surface area contributed by atoms with Gasteiger partial charge in [-0.2, -0.15) is 0 Å². The first kappa shape index (κ1) is 10.2. The van der Waals surface area contributed by atoms with Crippen molar-refractivity contribution in [3.05, 3.63) is 0 Å². The number of esters is 1. The summed E-state index contributed by atoms with van der Waals surface area (Å²) in [6.45, 7) is 2.65. The highest BCUT2D eigenvalue weighted by Gasteiger charge is 2.25. The van der Waals surface area contributed by atoms with Crippen LogP contribution in [0.5, 0.6) is 0 Å². The lowest BCUT2D eigenvalue weighted by molar-refractivity contribution is -0.152. The van der Waals surface area contributed by atoms with Gasteiger partial charge in [0, 0.05) is 13.0 Å². The summed E-state index contributed by atoms with van der Waals surface area (Å²) in [6, 6.07) is 0. The lowest BCUT2D eigenvalue weighted by atomic mass is 10.1. The zero-order chi connectivity index (χ0) is 9.68. The van der Waals surface area contributed by atoms with Crippen molar-refractivity contribution in [3.63, 3.8) is 0 Å². The molecule has 0 amide bonds. The van der Waals surface area contributed by atoms with Crippen LogP contribution >= 0.6 is 0 Å². The van der Waals surface area contributed by atoms with E-state index in [9.17, 15) is 9.59 Å². The first-order valence-electron chi connectivity index (χ1n) is 4.54. The van der Waals surface area contributed by atoms with Gasteiger partial charge < -0.3 is 9.47 Å². The summed E-state index contributed by atoms with van der Waals surface area (Å²) < 4.78 is 9.88. The van der Waals surface area contributed by atoms with Crippen molar-refractivity contribution in [1.82, 2.24) is 0 Å². The number of hydrogen-bond donors (Lipinski definition) is 0. The Kier molecular flexibility index (Phi) is 3.89. The molecule has 0 aromatic rings. The summed E-state index contributed by atoms with van der Waals surface area (Å²) >= 11 is 0. The molecule has 0 N–H and O–H groups in total. The van der Waals surface area contributed by atoms with Crippen molar-refractivity contribution in [2.75, 3.05) is 13.2 Å². The van der Waals surface area contributed by atoms with E-state index in [-0.39, 0.29) is 18.2 Å². The van der Waals surface area contributed by atoms with Crippen molar-refractivity contribution in [3.8, 4) is 0 Å². The summed E-state index contributed by atoms with van der Waals surface area (Å²) in [4.78, 5) is 22.2. The topological polar surface area (TPSA) is 52.6 Å². The summed E-state index contributed by atoms with van der Waals surface area (Å²) in [5.41, 5.74) is 0. The van der Waals surface area contributed by atoms with Gasteiger partial charge >= 0.3 is 5.97 Å². The molecule has 0 aliphatic carbocycles. The van der Waals surface area contributed by atoms with Crippen LogP contribution in [-0.2, 0) is 19.1 Å². The van der Waals surface area contributed by atoms with Gasteiger partial charge in [-0.05, 0) is 13.3 Å². The molecule has 0 saturated carbocycles. The number of carbonyl (C=O) groups is 2. The smallest absolute Gasteiger partial charge is 0.308 e. The van der Waals surface area contributed by atoms with Gasteiger partial charge in [-0.25, -0.2) is 0 Å². The van der Waals surface area contributed by atoms with Gasteiger partial charge in [0.25, 0.3) is 0 Å². The lowest BCUT2D eigenvalue weighted by Gasteiger charge is -2.20. The Labute approximate surface area is 77.2 Å². The Balaban J connectivity index is 2.33. The fourth-order valence-corrected chi connectivity index (χ4v) is 1.27. The van der Waals surface area contributed by atoms with Crippen LogP contribution in [0.3, 0.4) is 0 Å². The molecule has 1 fully saturated rings. The van der Waals surface area contributed by atoms with Crippen molar-refractivity contribution < 1.29 is 19.1 Å². The van der Waals surface area contributed by atoms with E-state index in [0.717, 1.165) is 6.42 Å². The molecule has 4 heteroatoms. The van der Waals surface area contributed by atoms with E-state index in [0.29, 0.717) is 19.6 Å². The minimum atomic E-state index is -0.562. The van der Waals surface area contributed by atoms with Crippen molar-refractivity contribution in [2.45, 2.75) is 32.3 Å². The molecule has 0 aromatic carbocycles. The Hall–Kier alpha value is -0.900.